The number of fused-ring (bicyclic) bond motifs is 3. The first-order valence-corrected chi connectivity index (χ1v) is 9.53. The van der Waals surface area contributed by atoms with Crippen LogP contribution in [0.3, 0.4) is 0 Å². The van der Waals surface area contributed by atoms with E-state index >= 15 is 0 Å². The minimum atomic E-state index is -0.953. The van der Waals surface area contributed by atoms with E-state index in [1.807, 2.05) is 30.3 Å². The zero-order valence-corrected chi connectivity index (χ0v) is 16.2. The lowest BCUT2D eigenvalue weighted by Crippen LogP contribution is -2.10. The van der Waals surface area contributed by atoms with E-state index in [2.05, 4.69) is 12.1 Å². The second-order valence-corrected chi connectivity index (χ2v) is 7.07. The molecule has 30 heavy (non-hydrogen) atoms. The van der Waals surface area contributed by atoms with E-state index in [9.17, 15) is 4.79 Å². The molecule has 0 fully saturated rings. The molecule has 1 aliphatic rings. The first kappa shape index (κ1) is 19.5. The second-order valence-electron chi connectivity index (χ2n) is 7.07. The maximum absolute atomic E-state index is 11.1. The van der Waals surface area contributed by atoms with E-state index in [0.29, 0.717) is 30.0 Å². The molecule has 0 radical (unpaired) electrons. The van der Waals surface area contributed by atoms with Crippen molar-refractivity contribution in [3.05, 3.63) is 82.4 Å². The molecule has 0 saturated heterocycles. The van der Waals surface area contributed by atoms with Gasteiger partial charge >= 0.3 is 5.97 Å². The number of rotatable bonds is 6. The Hall–Kier alpha value is -3.82. The minimum absolute atomic E-state index is 0.169. The highest BCUT2D eigenvalue weighted by atomic mass is 16.5. The van der Waals surface area contributed by atoms with Crippen LogP contribution in [0.25, 0.3) is 11.1 Å². The van der Waals surface area contributed by atoms with Gasteiger partial charge in [-0.15, -0.1) is 0 Å². The topological polar surface area (TPSA) is 106 Å². The van der Waals surface area contributed by atoms with E-state index < -0.39 is 5.97 Å². The van der Waals surface area contributed by atoms with Gasteiger partial charge in [-0.2, -0.15) is 5.26 Å². The smallest absolute Gasteiger partial charge is 0.307 e. The molecule has 0 unspecified atom stereocenters. The summed E-state index contributed by atoms with van der Waals surface area (Å²) >= 11 is 0. The average molecular weight is 400 g/mol. The van der Waals surface area contributed by atoms with Gasteiger partial charge in [-0.3, -0.25) is 4.79 Å². The highest BCUT2D eigenvalue weighted by Crippen LogP contribution is 2.40. The van der Waals surface area contributed by atoms with Crippen molar-refractivity contribution in [2.75, 3.05) is 0 Å². The Morgan fingerprint density at radius 2 is 2.00 bits per heavy atom. The van der Waals surface area contributed by atoms with Gasteiger partial charge in [-0.1, -0.05) is 36.4 Å². The molecule has 1 heterocycles. The van der Waals surface area contributed by atoms with Gasteiger partial charge in [0, 0.05) is 23.2 Å². The van der Waals surface area contributed by atoms with Crippen molar-refractivity contribution in [1.29, 1.82) is 5.26 Å². The highest BCUT2D eigenvalue weighted by molar-refractivity contribution is 5.77. The van der Waals surface area contributed by atoms with Gasteiger partial charge in [0.1, 0.15) is 24.7 Å². The van der Waals surface area contributed by atoms with Crippen LogP contribution < -0.4 is 15.2 Å². The summed E-state index contributed by atoms with van der Waals surface area (Å²) in [6.45, 7) is 1.14. The van der Waals surface area contributed by atoms with Crippen molar-refractivity contribution < 1.29 is 19.4 Å². The second kappa shape index (κ2) is 8.27. The number of nitrogens with zero attached hydrogens (tertiary/aromatic N) is 1. The highest BCUT2D eigenvalue weighted by Gasteiger charge is 2.20. The average Bonchev–Trinajstić information content (AvgIpc) is 2.77. The first-order chi connectivity index (χ1) is 14.6. The van der Waals surface area contributed by atoms with Crippen LogP contribution in [0.15, 0.2) is 54.6 Å². The Labute approximate surface area is 174 Å². The molecule has 0 atom stereocenters. The molecule has 6 nitrogen and oxygen atoms in total. The van der Waals surface area contributed by atoms with Gasteiger partial charge in [-0.05, 0) is 34.9 Å². The molecule has 0 bridgehead atoms. The number of aliphatic carboxylic acids is 1. The number of carboxylic acids is 1. The molecule has 0 amide bonds. The largest absolute Gasteiger partial charge is 0.489 e. The molecule has 4 rings (SSSR count). The fourth-order valence-corrected chi connectivity index (χ4v) is 3.60. The minimum Gasteiger partial charge on any atom is -0.489 e. The molecule has 6 heteroatoms. The van der Waals surface area contributed by atoms with E-state index in [0.717, 1.165) is 33.6 Å². The van der Waals surface area contributed by atoms with Crippen LogP contribution in [0, 0.1) is 11.3 Å². The predicted octanol–water partition coefficient (Wildman–Crippen LogP) is 3.78. The van der Waals surface area contributed by atoms with Gasteiger partial charge in [0.2, 0.25) is 0 Å². The molecule has 3 aromatic carbocycles. The lowest BCUT2D eigenvalue weighted by atomic mass is 9.93. The number of ether oxygens (including phenoxy) is 2. The predicted molar refractivity (Wildman–Crippen MR) is 111 cm³/mol. The van der Waals surface area contributed by atoms with Crippen molar-refractivity contribution in [2.24, 2.45) is 5.73 Å². The number of carbonyl (C=O) groups is 1. The number of benzene rings is 3. The van der Waals surface area contributed by atoms with Crippen LogP contribution in [0.2, 0.25) is 0 Å². The first-order valence-electron chi connectivity index (χ1n) is 9.53. The summed E-state index contributed by atoms with van der Waals surface area (Å²) in [5.41, 5.74) is 11.9. The Morgan fingerprint density at radius 3 is 2.77 bits per heavy atom. The Bertz CT molecular complexity index is 1160. The van der Waals surface area contributed by atoms with Crippen LogP contribution >= 0.6 is 0 Å². The molecule has 0 saturated carbocycles. The van der Waals surface area contributed by atoms with Crippen molar-refractivity contribution >= 4 is 5.97 Å². The molecule has 3 aromatic rings. The summed E-state index contributed by atoms with van der Waals surface area (Å²) in [5.74, 6) is 0.269. The summed E-state index contributed by atoms with van der Waals surface area (Å²) in [6, 6.07) is 18.8. The van der Waals surface area contributed by atoms with Crippen LogP contribution in [0.5, 0.6) is 11.5 Å². The number of para-hydroxylation sites is 1. The van der Waals surface area contributed by atoms with Gasteiger partial charge in [0.15, 0.2) is 0 Å². The SMILES string of the molecule is N#Cc1ccc(CC(=O)O)c(OCc2ccc3c(c2)-c2cccc(CN)c2OC3)c1. The van der Waals surface area contributed by atoms with Crippen molar-refractivity contribution in [3.8, 4) is 28.7 Å². The van der Waals surface area contributed by atoms with Crippen molar-refractivity contribution in [1.82, 2.24) is 0 Å². The zero-order valence-electron chi connectivity index (χ0n) is 16.2. The summed E-state index contributed by atoms with van der Waals surface area (Å²) in [6.07, 6.45) is -0.169. The van der Waals surface area contributed by atoms with Gasteiger partial charge in [-0.25, -0.2) is 0 Å². The molecule has 0 aromatic heterocycles. The third-order valence-electron chi connectivity index (χ3n) is 5.09. The van der Waals surface area contributed by atoms with E-state index in [1.165, 1.54) is 0 Å². The van der Waals surface area contributed by atoms with E-state index in [4.69, 9.17) is 25.6 Å². The molecular formula is C24H20N2O4. The van der Waals surface area contributed by atoms with Crippen LogP contribution in [-0.2, 0) is 31.0 Å². The molecule has 0 spiro atoms. The Kier molecular flexibility index (Phi) is 5.38. The fourth-order valence-electron chi connectivity index (χ4n) is 3.60. The normalized spacial score (nSPS) is 11.6. The van der Waals surface area contributed by atoms with Crippen molar-refractivity contribution in [3.63, 3.8) is 0 Å². The number of hydrogen-bond acceptors (Lipinski definition) is 5. The zero-order chi connectivity index (χ0) is 21.1. The van der Waals surface area contributed by atoms with Crippen LogP contribution in [0.4, 0.5) is 0 Å². The quantitative estimate of drug-likeness (QED) is 0.652. The number of carboxylic acid groups (broad SMARTS) is 1. The maximum Gasteiger partial charge on any atom is 0.307 e. The summed E-state index contributed by atoms with van der Waals surface area (Å²) < 4.78 is 11.8. The standard InChI is InChI=1S/C24H20N2O4/c25-11-15-4-6-17(10-23(27)28)22(9-15)29-13-16-5-7-19-14-30-24-18(12-26)2-1-3-20(24)21(19)8-16/h1-9H,10,12-14,26H2,(H,27,28). The molecule has 3 N–H and O–H groups in total. The Balaban J connectivity index is 1.62. The number of hydrogen-bond donors (Lipinski definition) is 2. The Morgan fingerprint density at radius 1 is 1.13 bits per heavy atom. The summed E-state index contributed by atoms with van der Waals surface area (Å²) in [4.78, 5) is 11.1. The van der Waals surface area contributed by atoms with Gasteiger partial charge < -0.3 is 20.3 Å². The number of nitrogens with two attached hydrogens (primary N) is 1. The molecule has 1 aliphatic heterocycles. The van der Waals surface area contributed by atoms with Crippen LogP contribution in [0.1, 0.15) is 27.8 Å². The lowest BCUT2D eigenvalue weighted by Gasteiger charge is -2.23. The maximum atomic E-state index is 11.1. The number of nitriles is 1. The van der Waals surface area contributed by atoms with E-state index in [1.54, 1.807) is 18.2 Å². The summed E-state index contributed by atoms with van der Waals surface area (Å²) in [7, 11) is 0. The van der Waals surface area contributed by atoms with E-state index in [-0.39, 0.29) is 13.0 Å². The monoisotopic (exact) mass is 400 g/mol. The summed E-state index contributed by atoms with van der Waals surface area (Å²) in [5, 5.41) is 18.3. The third-order valence-corrected chi connectivity index (χ3v) is 5.09. The molecule has 150 valence electrons. The molecule has 0 aliphatic carbocycles. The van der Waals surface area contributed by atoms with Gasteiger partial charge in [0.05, 0.1) is 18.1 Å². The van der Waals surface area contributed by atoms with Gasteiger partial charge in [0.25, 0.3) is 0 Å². The lowest BCUT2D eigenvalue weighted by molar-refractivity contribution is -0.136. The third kappa shape index (κ3) is 3.84. The van der Waals surface area contributed by atoms with Crippen molar-refractivity contribution in [2.45, 2.75) is 26.2 Å². The van der Waals surface area contributed by atoms with Crippen LogP contribution in [-0.4, -0.2) is 11.1 Å². The molecular weight excluding hydrogens is 380 g/mol. The fraction of sp³-hybridized carbons (Fsp3) is 0.167.